The number of furan rings is 2. The lowest BCUT2D eigenvalue weighted by Gasteiger charge is -2.21. The molecule has 116 valence electrons. The van der Waals surface area contributed by atoms with E-state index in [2.05, 4.69) is 54.6 Å². The number of pyridine rings is 1. The van der Waals surface area contributed by atoms with E-state index in [9.17, 15) is 0 Å². The predicted molar refractivity (Wildman–Crippen MR) is 103 cm³/mol. The number of aryl methyl sites for hydroxylation is 2. The molecule has 0 fully saturated rings. The Balaban J connectivity index is 1.82. The van der Waals surface area contributed by atoms with Gasteiger partial charge in [0, 0.05) is 32.3 Å². The normalized spacial score (nSPS) is 14.1. The zero-order chi connectivity index (χ0) is 16.1. The van der Waals surface area contributed by atoms with Crippen LogP contribution in [-0.4, -0.2) is 4.98 Å². The van der Waals surface area contributed by atoms with Crippen molar-refractivity contribution in [3.8, 4) is 0 Å². The van der Waals surface area contributed by atoms with E-state index in [1.54, 1.807) is 0 Å². The molecule has 0 amide bonds. The molecule has 3 aromatic carbocycles. The fourth-order valence-corrected chi connectivity index (χ4v) is 4.85. The first-order valence-electron chi connectivity index (χ1n) is 8.79. The molecule has 2 aliphatic carbocycles. The number of aromatic nitrogens is 1. The first-order chi connectivity index (χ1) is 12.4. The molecule has 2 nitrogen and oxygen atoms in total. The van der Waals surface area contributed by atoms with Gasteiger partial charge in [0.15, 0.2) is 0 Å². The smallest absolute Gasteiger partial charge is 0.143 e. The van der Waals surface area contributed by atoms with Crippen LogP contribution in [0, 0.1) is 0 Å². The van der Waals surface area contributed by atoms with Crippen LogP contribution >= 0.6 is 0 Å². The quantitative estimate of drug-likeness (QED) is 0.322. The summed E-state index contributed by atoms with van der Waals surface area (Å²) >= 11 is 0. The first-order valence-corrected chi connectivity index (χ1v) is 8.79. The highest BCUT2D eigenvalue weighted by Crippen LogP contribution is 2.49. The van der Waals surface area contributed by atoms with E-state index in [4.69, 9.17) is 9.40 Å². The Morgan fingerprint density at radius 3 is 2.24 bits per heavy atom. The Hall–Kier alpha value is -3.13. The van der Waals surface area contributed by atoms with E-state index in [-0.39, 0.29) is 0 Å². The summed E-state index contributed by atoms with van der Waals surface area (Å²) in [5.74, 6) is 0. The van der Waals surface area contributed by atoms with Crippen LogP contribution in [0.25, 0.3) is 54.5 Å². The highest BCUT2D eigenvalue weighted by Gasteiger charge is 2.28. The first kappa shape index (κ1) is 12.3. The van der Waals surface area contributed by atoms with Crippen molar-refractivity contribution in [3.05, 3.63) is 65.7 Å². The lowest BCUT2D eigenvalue weighted by molar-refractivity contribution is 0.682. The summed E-state index contributed by atoms with van der Waals surface area (Å²) in [4.78, 5) is 5.03. The van der Waals surface area contributed by atoms with Gasteiger partial charge in [-0.05, 0) is 36.1 Å². The second kappa shape index (κ2) is 3.92. The minimum Gasteiger partial charge on any atom is -0.455 e. The van der Waals surface area contributed by atoms with Crippen LogP contribution in [0.15, 0.2) is 59.0 Å². The van der Waals surface area contributed by atoms with Gasteiger partial charge in [-0.15, -0.1) is 0 Å². The largest absolute Gasteiger partial charge is 0.455 e. The predicted octanol–water partition coefficient (Wildman–Crippen LogP) is 5.98. The summed E-state index contributed by atoms with van der Waals surface area (Å²) in [7, 11) is 0. The summed E-state index contributed by atoms with van der Waals surface area (Å²) < 4.78 is 6.29. The van der Waals surface area contributed by atoms with Gasteiger partial charge in [0.2, 0.25) is 0 Å². The van der Waals surface area contributed by atoms with Crippen molar-refractivity contribution in [2.75, 3.05) is 0 Å². The van der Waals surface area contributed by atoms with Gasteiger partial charge >= 0.3 is 0 Å². The van der Waals surface area contributed by atoms with Gasteiger partial charge in [-0.25, -0.2) is 4.98 Å². The van der Waals surface area contributed by atoms with Crippen molar-refractivity contribution in [2.24, 2.45) is 0 Å². The molecule has 8 rings (SSSR count). The van der Waals surface area contributed by atoms with E-state index >= 15 is 0 Å². The summed E-state index contributed by atoms with van der Waals surface area (Å²) in [5.41, 5.74) is 7.13. The molecule has 0 saturated carbocycles. The van der Waals surface area contributed by atoms with E-state index in [1.165, 1.54) is 49.0 Å². The second-order valence-corrected chi connectivity index (χ2v) is 7.09. The number of benzene rings is 4. The molecule has 0 saturated heterocycles. The monoisotopic (exact) mass is 319 g/mol. The molecule has 4 bridgehead atoms. The summed E-state index contributed by atoms with van der Waals surface area (Å²) in [5, 5.41) is 7.64. The molecule has 0 spiro atoms. The molecule has 0 radical (unpaired) electrons. The molecule has 2 heteroatoms. The summed E-state index contributed by atoms with van der Waals surface area (Å²) in [6.45, 7) is 0. The molecule has 3 aromatic heterocycles. The minimum atomic E-state index is 1.05. The summed E-state index contributed by atoms with van der Waals surface area (Å²) in [6, 6.07) is 19.3. The molecule has 0 N–H and O–H groups in total. The molecule has 0 unspecified atom stereocenters. The molecular formula is C23H13NO. The Bertz CT molecular complexity index is 1380. The van der Waals surface area contributed by atoms with E-state index in [1.807, 2.05) is 0 Å². The Kier molecular flexibility index (Phi) is 1.92. The van der Waals surface area contributed by atoms with Gasteiger partial charge in [0.05, 0.1) is 11.0 Å². The van der Waals surface area contributed by atoms with E-state index in [0.717, 1.165) is 29.5 Å². The number of hydrogen-bond acceptors (Lipinski definition) is 2. The molecule has 2 aliphatic rings. The van der Waals surface area contributed by atoms with Crippen molar-refractivity contribution in [2.45, 2.75) is 12.8 Å². The van der Waals surface area contributed by atoms with Crippen molar-refractivity contribution in [1.29, 1.82) is 0 Å². The second-order valence-electron chi connectivity index (χ2n) is 7.09. The standard InChI is InChI=1S/C23H13NO/c1-4-8-18-12(5-1)11-17-13-9-10-16(21(17)24-18)20-19(13)22-14-6-2-3-7-15(14)23(20)25-22/h1-8,11H,9-10H2. The SMILES string of the molecule is c1ccc2nc3c4c5c6oc(c7ccccc76)c5c(c3cc2c1)CC4. The number of rotatable bonds is 0. The van der Waals surface area contributed by atoms with Gasteiger partial charge in [-0.1, -0.05) is 42.5 Å². The van der Waals surface area contributed by atoms with Crippen LogP contribution in [0.2, 0.25) is 0 Å². The lowest BCUT2D eigenvalue weighted by atomic mass is 9.82. The Morgan fingerprint density at radius 1 is 0.720 bits per heavy atom. The van der Waals surface area contributed by atoms with Crippen LogP contribution in [0.1, 0.15) is 11.1 Å². The van der Waals surface area contributed by atoms with Gasteiger partial charge in [0.25, 0.3) is 0 Å². The van der Waals surface area contributed by atoms with Gasteiger partial charge in [0.1, 0.15) is 11.2 Å². The van der Waals surface area contributed by atoms with Crippen molar-refractivity contribution >= 4 is 54.5 Å². The zero-order valence-electron chi connectivity index (χ0n) is 13.5. The molecule has 0 atom stereocenters. The maximum Gasteiger partial charge on any atom is 0.143 e. The van der Waals surface area contributed by atoms with E-state index in [0.29, 0.717) is 0 Å². The average molecular weight is 319 g/mol. The molecule has 6 aromatic rings. The summed E-state index contributed by atoms with van der Waals surface area (Å²) in [6.07, 6.45) is 2.15. The lowest BCUT2D eigenvalue weighted by Crippen LogP contribution is -2.06. The van der Waals surface area contributed by atoms with Crippen LogP contribution in [0.5, 0.6) is 0 Å². The maximum atomic E-state index is 6.29. The topological polar surface area (TPSA) is 26.0 Å². The van der Waals surface area contributed by atoms with Crippen LogP contribution in [-0.2, 0) is 12.8 Å². The van der Waals surface area contributed by atoms with Crippen molar-refractivity contribution < 1.29 is 4.42 Å². The van der Waals surface area contributed by atoms with Crippen molar-refractivity contribution in [3.63, 3.8) is 0 Å². The minimum absolute atomic E-state index is 1.05. The van der Waals surface area contributed by atoms with Crippen molar-refractivity contribution in [1.82, 2.24) is 4.98 Å². The van der Waals surface area contributed by atoms with Crippen LogP contribution < -0.4 is 0 Å². The third-order valence-corrected chi connectivity index (χ3v) is 5.89. The highest BCUT2D eigenvalue weighted by molar-refractivity contribution is 6.30. The Labute approximate surface area is 143 Å². The Morgan fingerprint density at radius 2 is 1.40 bits per heavy atom. The van der Waals surface area contributed by atoms with Crippen LogP contribution in [0.4, 0.5) is 0 Å². The molecule has 3 heterocycles. The van der Waals surface area contributed by atoms with Gasteiger partial charge in [-0.2, -0.15) is 0 Å². The number of fused-ring (bicyclic) bond motifs is 7. The average Bonchev–Trinajstić information content (AvgIpc) is 3.26. The number of nitrogens with zero attached hydrogens (tertiary/aromatic N) is 1. The zero-order valence-corrected chi connectivity index (χ0v) is 13.5. The third kappa shape index (κ3) is 1.29. The third-order valence-electron chi connectivity index (χ3n) is 5.89. The van der Waals surface area contributed by atoms with E-state index < -0.39 is 0 Å². The maximum absolute atomic E-state index is 6.29. The van der Waals surface area contributed by atoms with Gasteiger partial charge < -0.3 is 4.42 Å². The fraction of sp³-hybridized carbons (Fsp3) is 0.0870. The van der Waals surface area contributed by atoms with Gasteiger partial charge in [-0.3, -0.25) is 0 Å². The number of para-hydroxylation sites is 1. The van der Waals surface area contributed by atoms with Crippen LogP contribution in [0.3, 0.4) is 0 Å². The molecule has 0 aliphatic heterocycles. The highest BCUT2D eigenvalue weighted by atomic mass is 16.3. The fourth-order valence-electron chi connectivity index (χ4n) is 4.85. The molecular weight excluding hydrogens is 306 g/mol. The number of hydrogen-bond donors (Lipinski definition) is 0. The molecule has 25 heavy (non-hydrogen) atoms.